The molecule has 1 aromatic heterocycles. The average Bonchev–Trinajstić information content (AvgIpc) is 3.20. The number of benzene rings is 1. The topological polar surface area (TPSA) is 106 Å². The summed E-state index contributed by atoms with van der Waals surface area (Å²) in [6.07, 6.45) is 4.50. The van der Waals surface area contributed by atoms with Crippen molar-refractivity contribution < 1.29 is 19.1 Å². The molecule has 2 aliphatic rings. The summed E-state index contributed by atoms with van der Waals surface area (Å²) in [5, 5.41) is 6.37. The predicted molar refractivity (Wildman–Crippen MR) is 138 cm³/mol. The molecule has 0 unspecified atom stereocenters. The summed E-state index contributed by atoms with van der Waals surface area (Å²) in [6.45, 7) is 4.27. The minimum Gasteiger partial charge on any atom is -0.380 e. The molecule has 2 N–H and O–H groups in total. The van der Waals surface area contributed by atoms with Gasteiger partial charge in [-0.05, 0) is 44.7 Å². The van der Waals surface area contributed by atoms with Crippen LogP contribution in [0.4, 0.5) is 0 Å². The average molecular weight is 518 g/mol. The highest BCUT2D eigenvalue weighted by Gasteiger charge is 2.42. The lowest BCUT2D eigenvalue weighted by Crippen LogP contribution is -2.54. The predicted octanol–water partition coefficient (Wildman–Crippen LogP) is 2.59. The summed E-state index contributed by atoms with van der Waals surface area (Å²) in [5.74, 6) is 0.587. The van der Waals surface area contributed by atoms with E-state index in [4.69, 9.17) is 16.3 Å². The van der Waals surface area contributed by atoms with Crippen LogP contribution in [0.2, 0.25) is 5.02 Å². The van der Waals surface area contributed by atoms with Crippen LogP contribution in [-0.4, -0.2) is 71.1 Å². The minimum absolute atomic E-state index is 0.0641. The van der Waals surface area contributed by atoms with Crippen LogP contribution >= 0.6 is 11.6 Å². The Labute approximate surface area is 216 Å². The molecule has 4 rings (SSSR count). The number of fused-ring (bicyclic) bond motifs is 1. The zero-order chi connectivity index (χ0) is 25.7. The van der Waals surface area contributed by atoms with E-state index in [1.165, 1.54) is 0 Å². The Morgan fingerprint density at radius 2 is 1.97 bits per heavy atom. The Balaban J connectivity index is 1.37. The van der Waals surface area contributed by atoms with Gasteiger partial charge in [-0.15, -0.1) is 0 Å². The molecule has 3 amide bonds. The van der Waals surface area contributed by atoms with E-state index >= 15 is 0 Å². The molecule has 0 aliphatic carbocycles. The Hall–Kier alpha value is -2.65. The van der Waals surface area contributed by atoms with E-state index in [0.717, 1.165) is 36.1 Å². The van der Waals surface area contributed by atoms with Gasteiger partial charge in [0.25, 0.3) is 0 Å². The van der Waals surface area contributed by atoms with Crippen LogP contribution in [-0.2, 0) is 32.6 Å². The highest BCUT2D eigenvalue weighted by molar-refractivity contribution is 6.35. The lowest BCUT2D eigenvalue weighted by atomic mass is 9.73. The van der Waals surface area contributed by atoms with Crippen LogP contribution in [0.15, 0.2) is 18.2 Å². The third kappa shape index (κ3) is 5.83. The maximum Gasteiger partial charge on any atom is 0.242 e. The van der Waals surface area contributed by atoms with Gasteiger partial charge >= 0.3 is 0 Å². The van der Waals surface area contributed by atoms with Crippen molar-refractivity contribution in [1.82, 2.24) is 25.1 Å². The summed E-state index contributed by atoms with van der Waals surface area (Å²) in [4.78, 5) is 45.2. The maximum absolute atomic E-state index is 13.3. The Morgan fingerprint density at radius 3 is 2.72 bits per heavy atom. The van der Waals surface area contributed by atoms with Crippen molar-refractivity contribution in [1.29, 1.82) is 0 Å². The van der Waals surface area contributed by atoms with Gasteiger partial charge in [0.1, 0.15) is 11.9 Å². The number of piperidine rings is 1. The molecule has 1 aromatic carbocycles. The van der Waals surface area contributed by atoms with E-state index in [9.17, 15) is 14.4 Å². The van der Waals surface area contributed by atoms with E-state index in [1.807, 2.05) is 34.7 Å². The molecular weight excluding hydrogens is 482 g/mol. The lowest BCUT2D eigenvalue weighted by molar-refractivity contribution is -0.142. The molecule has 3 heterocycles. The fourth-order valence-corrected chi connectivity index (χ4v) is 5.53. The van der Waals surface area contributed by atoms with E-state index in [1.54, 1.807) is 6.92 Å². The zero-order valence-electron chi connectivity index (χ0n) is 21.1. The van der Waals surface area contributed by atoms with E-state index < -0.39 is 11.5 Å². The number of likely N-dealkylation sites (tertiary alicyclic amines) is 1. The molecule has 1 atom stereocenters. The number of rotatable bonds is 3. The standard InChI is InChI=1S/C26H36ClN5O4/c1-18-24(34)28-13-17-36-16-4-3-10-26(25(35)29-18)11-14-32(15-12-26)22(33)9-8-21-30-20-7-5-6-19(27)23(20)31(21)2/h5-7,18H,3-4,8-17H2,1-2H3,(H,28,34)(H,29,35)/t18-/m0/s1. The highest BCUT2D eigenvalue weighted by atomic mass is 35.5. The number of imidazole rings is 1. The molecule has 2 fully saturated rings. The van der Waals surface area contributed by atoms with Crippen LogP contribution < -0.4 is 10.6 Å². The van der Waals surface area contributed by atoms with Gasteiger partial charge in [0, 0.05) is 46.1 Å². The number of hydrogen-bond acceptors (Lipinski definition) is 5. The maximum atomic E-state index is 13.3. The third-order valence-corrected chi connectivity index (χ3v) is 7.84. The first-order chi connectivity index (χ1) is 17.3. The van der Waals surface area contributed by atoms with Crippen molar-refractivity contribution in [3.8, 4) is 0 Å². The summed E-state index contributed by atoms with van der Waals surface area (Å²) < 4.78 is 7.55. The van der Waals surface area contributed by atoms with Crippen LogP contribution in [0.25, 0.3) is 11.0 Å². The Kier molecular flexibility index (Phi) is 8.51. The number of aromatic nitrogens is 2. The van der Waals surface area contributed by atoms with Gasteiger partial charge in [-0.1, -0.05) is 24.1 Å². The van der Waals surface area contributed by atoms with Crippen molar-refractivity contribution >= 4 is 40.4 Å². The summed E-state index contributed by atoms with van der Waals surface area (Å²) >= 11 is 6.33. The molecule has 9 nitrogen and oxygen atoms in total. The molecule has 2 aliphatic heterocycles. The van der Waals surface area contributed by atoms with Gasteiger partial charge in [-0.2, -0.15) is 0 Å². The fraction of sp³-hybridized carbons (Fsp3) is 0.615. The normalized spacial score (nSPS) is 21.9. The molecule has 2 saturated heterocycles. The lowest BCUT2D eigenvalue weighted by Gasteiger charge is -2.41. The van der Waals surface area contributed by atoms with Gasteiger partial charge in [-0.25, -0.2) is 4.98 Å². The molecule has 36 heavy (non-hydrogen) atoms. The highest BCUT2D eigenvalue weighted by Crippen LogP contribution is 2.37. The van der Waals surface area contributed by atoms with E-state index in [0.29, 0.717) is 63.6 Å². The van der Waals surface area contributed by atoms with Gasteiger partial charge in [0.05, 0.1) is 28.1 Å². The molecule has 0 radical (unpaired) electrons. The molecule has 196 valence electrons. The molecule has 2 aromatic rings. The molecular formula is C26H36ClN5O4. The smallest absolute Gasteiger partial charge is 0.242 e. The molecule has 0 bridgehead atoms. The summed E-state index contributed by atoms with van der Waals surface area (Å²) in [5.41, 5.74) is 1.12. The largest absolute Gasteiger partial charge is 0.380 e. The summed E-state index contributed by atoms with van der Waals surface area (Å²) in [7, 11) is 1.92. The van der Waals surface area contributed by atoms with Crippen molar-refractivity contribution in [3.63, 3.8) is 0 Å². The van der Waals surface area contributed by atoms with Crippen LogP contribution in [0.3, 0.4) is 0 Å². The van der Waals surface area contributed by atoms with Crippen molar-refractivity contribution in [2.75, 3.05) is 32.8 Å². The number of ether oxygens (including phenoxy) is 1. The first kappa shape index (κ1) is 26.4. The number of amides is 3. The number of nitrogens with zero attached hydrogens (tertiary/aromatic N) is 3. The Bertz CT molecular complexity index is 1110. The van der Waals surface area contributed by atoms with Crippen LogP contribution in [0.1, 0.15) is 51.3 Å². The summed E-state index contributed by atoms with van der Waals surface area (Å²) in [6, 6.07) is 5.01. The van der Waals surface area contributed by atoms with Crippen molar-refractivity contribution in [2.45, 2.75) is 57.9 Å². The van der Waals surface area contributed by atoms with Gasteiger partial charge in [-0.3, -0.25) is 14.4 Å². The second kappa shape index (κ2) is 11.6. The SMILES string of the molecule is C[C@@H]1NC(=O)C2(CCCCOCCNC1=O)CCN(C(=O)CCc1nc3cccc(Cl)c3n1C)CC2. The third-order valence-electron chi connectivity index (χ3n) is 7.54. The first-order valence-electron chi connectivity index (χ1n) is 12.8. The second-order valence-corrected chi connectivity index (χ2v) is 10.3. The van der Waals surface area contributed by atoms with Gasteiger partial charge < -0.3 is 24.8 Å². The van der Waals surface area contributed by atoms with Crippen LogP contribution in [0.5, 0.6) is 0 Å². The quantitative estimate of drug-likeness (QED) is 0.651. The minimum atomic E-state index is -0.614. The van der Waals surface area contributed by atoms with E-state index in [2.05, 4.69) is 15.6 Å². The van der Waals surface area contributed by atoms with Gasteiger partial charge in [0.15, 0.2) is 0 Å². The van der Waals surface area contributed by atoms with E-state index in [-0.39, 0.29) is 17.7 Å². The zero-order valence-corrected chi connectivity index (χ0v) is 21.9. The van der Waals surface area contributed by atoms with Crippen molar-refractivity contribution in [2.24, 2.45) is 12.5 Å². The monoisotopic (exact) mass is 517 g/mol. The number of halogens is 1. The number of hydrogen-bond donors (Lipinski definition) is 2. The molecule has 0 saturated carbocycles. The Morgan fingerprint density at radius 1 is 1.19 bits per heavy atom. The fourth-order valence-electron chi connectivity index (χ4n) is 5.23. The number of para-hydroxylation sites is 1. The second-order valence-electron chi connectivity index (χ2n) is 9.91. The van der Waals surface area contributed by atoms with Crippen molar-refractivity contribution in [3.05, 3.63) is 29.0 Å². The molecule has 1 spiro atoms. The first-order valence-corrected chi connectivity index (χ1v) is 13.2. The number of aryl methyl sites for hydroxylation is 2. The number of nitrogens with one attached hydrogen (secondary N) is 2. The van der Waals surface area contributed by atoms with Crippen LogP contribution in [0, 0.1) is 5.41 Å². The number of carbonyl (C=O) groups is 3. The number of carbonyl (C=O) groups excluding carboxylic acids is 3. The van der Waals surface area contributed by atoms with Gasteiger partial charge in [0.2, 0.25) is 17.7 Å². The molecule has 10 heteroatoms.